The van der Waals surface area contributed by atoms with Crippen LogP contribution in [0.2, 0.25) is 0 Å². The minimum atomic E-state index is -3.47. The van der Waals surface area contributed by atoms with Crippen LogP contribution in [0.25, 0.3) is 0 Å². The summed E-state index contributed by atoms with van der Waals surface area (Å²) in [4.78, 5) is 0. The zero-order valence-corrected chi connectivity index (χ0v) is 12.0. The number of nitrogen functional groups attached to an aromatic ring is 1. The molecule has 106 valence electrons. The van der Waals surface area contributed by atoms with Gasteiger partial charge in [0.25, 0.3) is 0 Å². The molecule has 0 unspecified atom stereocenters. The van der Waals surface area contributed by atoms with E-state index in [-0.39, 0.29) is 0 Å². The molecule has 0 bridgehead atoms. The quantitative estimate of drug-likeness (QED) is 0.834. The van der Waals surface area contributed by atoms with Gasteiger partial charge in [0, 0.05) is 18.8 Å². The summed E-state index contributed by atoms with van der Waals surface area (Å²) in [5.74, 6) is 0. The number of nitrogens with one attached hydrogen (secondary N) is 1. The molecule has 1 fully saturated rings. The molecule has 1 aliphatic heterocycles. The number of anilines is 2. The van der Waals surface area contributed by atoms with Crippen LogP contribution in [0.15, 0.2) is 18.2 Å². The molecule has 1 aromatic carbocycles. The largest absolute Gasteiger partial charge is 0.399 e. The van der Waals surface area contributed by atoms with Crippen molar-refractivity contribution in [2.75, 3.05) is 23.5 Å². The van der Waals surface area contributed by atoms with Gasteiger partial charge in [0.1, 0.15) is 0 Å². The third-order valence-corrected chi connectivity index (χ3v) is 4.93. The van der Waals surface area contributed by atoms with Crippen molar-refractivity contribution in [1.82, 2.24) is 4.31 Å². The number of hydrogen-bond donors (Lipinski definition) is 2. The fraction of sp³-hybridized carbons (Fsp3) is 0.538. The summed E-state index contributed by atoms with van der Waals surface area (Å²) >= 11 is 0. The van der Waals surface area contributed by atoms with E-state index in [1.807, 2.05) is 13.0 Å². The van der Waals surface area contributed by atoms with Gasteiger partial charge in [-0.15, -0.1) is 0 Å². The smallest absolute Gasteiger partial charge is 0.301 e. The Hall–Kier alpha value is -1.27. The third kappa shape index (κ3) is 3.61. The van der Waals surface area contributed by atoms with Crippen LogP contribution in [-0.2, 0) is 10.2 Å². The number of nitrogens with zero attached hydrogens (tertiary/aromatic N) is 1. The Bertz CT molecular complexity index is 535. The van der Waals surface area contributed by atoms with Gasteiger partial charge >= 0.3 is 10.2 Å². The van der Waals surface area contributed by atoms with Crippen molar-refractivity contribution < 1.29 is 8.42 Å². The van der Waals surface area contributed by atoms with Crippen LogP contribution in [-0.4, -0.2) is 25.8 Å². The lowest BCUT2D eigenvalue weighted by molar-refractivity contribution is 0.427. The molecule has 1 heterocycles. The number of nitrogens with two attached hydrogens (primary N) is 1. The predicted octanol–water partition coefficient (Wildman–Crippen LogP) is 2.11. The zero-order chi connectivity index (χ0) is 13.9. The van der Waals surface area contributed by atoms with E-state index in [1.54, 1.807) is 12.1 Å². The van der Waals surface area contributed by atoms with Crippen LogP contribution in [0, 0.1) is 6.92 Å². The van der Waals surface area contributed by atoms with Crippen molar-refractivity contribution in [3.8, 4) is 0 Å². The summed E-state index contributed by atoms with van der Waals surface area (Å²) in [5.41, 5.74) is 7.68. The molecule has 3 N–H and O–H groups in total. The van der Waals surface area contributed by atoms with Crippen molar-refractivity contribution in [2.45, 2.75) is 32.6 Å². The van der Waals surface area contributed by atoms with Crippen molar-refractivity contribution in [3.05, 3.63) is 23.8 Å². The SMILES string of the molecule is Cc1ccc(N)cc1NS(=O)(=O)N1CCCCCC1. The van der Waals surface area contributed by atoms with E-state index in [4.69, 9.17) is 5.73 Å². The highest BCUT2D eigenvalue weighted by Crippen LogP contribution is 2.21. The summed E-state index contributed by atoms with van der Waals surface area (Å²) in [6, 6.07) is 5.24. The van der Waals surface area contributed by atoms with Crippen LogP contribution in [0.5, 0.6) is 0 Å². The Morgan fingerprint density at radius 3 is 2.42 bits per heavy atom. The standard InChI is InChI=1S/C13H21N3O2S/c1-11-6-7-12(14)10-13(11)15-19(17,18)16-8-4-2-3-5-9-16/h6-7,10,15H,2-5,8-9,14H2,1H3. The highest BCUT2D eigenvalue weighted by Gasteiger charge is 2.23. The Balaban J connectivity index is 2.18. The lowest BCUT2D eigenvalue weighted by Crippen LogP contribution is -2.36. The van der Waals surface area contributed by atoms with Crippen LogP contribution in [0.1, 0.15) is 31.2 Å². The van der Waals surface area contributed by atoms with Gasteiger partial charge in [-0.05, 0) is 37.5 Å². The van der Waals surface area contributed by atoms with Crippen molar-refractivity contribution in [2.24, 2.45) is 0 Å². The monoisotopic (exact) mass is 283 g/mol. The van der Waals surface area contributed by atoms with Gasteiger partial charge in [-0.3, -0.25) is 4.72 Å². The second-order valence-electron chi connectivity index (χ2n) is 4.99. The molecule has 19 heavy (non-hydrogen) atoms. The first-order valence-electron chi connectivity index (χ1n) is 6.63. The molecule has 0 saturated carbocycles. The molecule has 0 amide bonds. The fourth-order valence-corrected chi connectivity index (χ4v) is 3.60. The zero-order valence-electron chi connectivity index (χ0n) is 11.2. The fourth-order valence-electron chi connectivity index (χ4n) is 2.24. The second-order valence-corrected chi connectivity index (χ2v) is 6.67. The molecule has 6 heteroatoms. The first-order valence-corrected chi connectivity index (χ1v) is 8.07. The molecule has 5 nitrogen and oxygen atoms in total. The van der Waals surface area contributed by atoms with Crippen molar-refractivity contribution in [3.63, 3.8) is 0 Å². The molecule has 1 saturated heterocycles. The third-order valence-electron chi connectivity index (χ3n) is 3.41. The van der Waals surface area contributed by atoms with Gasteiger partial charge < -0.3 is 5.73 Å². The molecule has 0 radical (unpaired) electrons. The molecular weight excluding hydrogens is 262 g/mol. The van der Waals surface area contributed by atoms with E-state index in [9.17, 15) is 8.42 Å². The topological polar surface area (TPSA) is 75.4 Å². The summed E-state index contributed by atoms with van der Waals surface area (Å²) in [6.45, 7) is 3.05. The predicted molar refractivity (Wildman–Crippen MR) is 78.2 cm³/mol. The second kappa shape index (κ2) is 5.79. The molecule has 0 spiro atoms. The lowest BCUT2D eigenvalue weighted by atomic mass is 10.2. The highest BCUT2D eigenvalue weighted by molar-refractivity contribution is 7.90. The van der Waals surface area contributed by atoms with Gasteiger partial charge in [0.05, 0.1) is 5.69 Å². The van der Waals surface area contributed by atoms with Gasteiger partial charge in [-0.25, -0.2) is 0 Å². The van der Waals surface area contributed by atoms with Gasteiger partial charge in [0.15, 0.2) is 0 Å². The number of aryl methyl sites for hydroxylation is 1. The maximum atomic E-state index is 12.3. The molecule has 0 atom stereocenters. The molecular formula is C13H21N3O2S. The van der Waals surface area contributed by atoms with Gasteiger partial charge in [-0.1, -0.05) is 18.9 Å². The maximum Gasteiger partial charge on any atom is 0.301 e. The number of benzene rings is 1. The number of rotatable bonds is 3. The highest BCUT2D eigenvalue weighted by atomic mass is 32.2. The molecule has 1 aromatic rings. The summed E-state index contributed by atoms with van der Waals surface area (Å²) < 4.78 is 28.9. The van der Waals surface area contributed by atoms with E-state index >= 15 is 0 Å². The van der Waals surface area contributed by atoms with Crippen molar-refractivity contribution >= 4 is 21.6 Å². The van der Waals surface area contributed by atoms with Crippen LogP contribution in [0.3, 0.4) is 0 Å². The Morgan fingerprint density at radius 2 is 1.79 bits per heavy atom. The average molecular weight is 283 g/mol. The summed E-state index contributed by atoms with van der Waals surface area (Å²) in [6.07, 6.45) is 4.06. The first kappa shape index (κ1) is 14.1. The van der Waals surface area contributed by atoms with Crippen LogP contribution >= 0.6 is 0 Å². The lowest BCUT2D eigenvalue weighted by Gasteiger charge is -2.21. The number of hydrogen-bond acceptors (Lipinski definition) is 3. The van der Waals surface area contributed by atoms with Gasteiger partial charge in [0.2, 0.25) is 0 Å². The summed E-state index contributed by atoms with van der Waals surface area (Å²) in [7, 11) is -3.47. The van der Waals surface area contributed by atoms with Gasteiger partial charge in [-0.2, -0.15) is 12.7 Å². The van der Waals surface area contributed by atoms with Crippen LogP contribution in [0.4, 0.5) is 11.4 Å². The molecule has 1 aliphatic rings. The maximum absolute atomic E-state index is 12.3. The first-order chi connectivity index (χ1) is 8.99. The molecule has 2 rings (SSSR count). The average Bonchev–Trinajstić information content (AvgIpc) is 2.63. The normalized spacial score (nSPS) is 17.9. The Morgan fingerprint density at radius 1 is 1.16 bits per heavy atom. The molecule has 0 aromatic heterocycles. The minimum Gasteiger partial charge on any atom is -0.399 e. The Labute approximate surface area is 115 Å². The van der Waals surface area contributed by atoms with E-state index < -0.39 is 10.2 Å². The van der Waals surface area contributed by atoms with Crippen LogP contribution < -0.4 is 10.5 Å². The minimum absolute atomic E-state index is 0.555. The van der Waals surface area contributed by atoms with E-state index in [0.717, 1.165) is 31.2 Å². The van der Waals surface area contributed by atoms with E-state index in [1.165, 1.54) is 4.31 Å². The van der Waals surface area contributed by atoms with E-state index in [2.05, 4.69) is 4.72 Å². The van der Waals surface area contributed by atoms with Crippen molar-refractivity contribution in [1.29, 1.82) is 0 Å². The Kier molecular flexibility index (Phi) is 4.31. The molecule has 0 aliphatic carbocycles. The summed E-state index contributed by atoms with van der Waals surface area (Å²) in [5, 5.41) is 0. The van der Waals surface area contributed by atoms with E-state index in [0.29, 0.717) is 24.5 Å².